The molecule has 1 rings (SSSR count). The van der Waals surface area contributed by atoms with E-state index < -0.39 is 0 Å². The van der Waals surface area contributed by atoms with E-state index in [0.29, 0.717) is 18.1 Å². The number of benzene rings is 1. The minimum atomic E-state index is 0.363. The van der Waals surface area contributed by atoms with Crippen LogP contribution in [0.15, 0.2) is 24.3 Å². The van der Waals surface area contributed by atoms with E-state index in [1.54, 1.807) is 7.11 Å². The maximum atomic E-state index is 5.19. The fraction of sp³-hybridized carbons (Fsp3) is 0.647. The lowest BCUT2D eigenvalue weighted by Crippen LogP contribution is -2.41. The summed E-state index contributed by atoms with van der Waals surface area (Å²) >= 11 is 0. The van der Waals surface area contributed by atoms with E-state index >= 15 is 0 Å². The molecule has 0 bridgehead atoms. The highest BCUT2D eigenvalue weighted by atomic mass is 16.5. The summed E-state index contributed by atoms with van der Waals surface area (Å²) in [6.07, 6.45) is 0. The Balaban J connectivity index is 2.44. The highest BCUT2D eigenvalue weighted by Gasteiger charge is 2.13. The van der Waals surface area contributed by atoms with Gasteiger partial charge in [0.15, 0.2) is 0 Å². The van der Waals surface area contributed by atoms with Gasteiger partial charge in [-0.1, -0.05) is 12.1 Å². The fourth-order valence-corrected chi connectivity index (χ4v) is 2.53. The van der Waals surface area contributed by atoms with Crippen molar-refractivity contribution >= 4 is 0 Å². The van der Waals surface area contributed by atoms with Gasteiger partial charge in [0.05, 0.1) is 7.11 Å². The Bertz CT molecular complexity index is 365. The number of nitrogens with zero attached hydrogens (tertiary/aromatic N) is 1. The van der Waals surface area contributed by atoms with Crippen LogP contribution in [0.1, 0.15) is 46.2 Å². The molecule has 3 heteroatoms. The van der Waals surface area contributed by atoms with E-state index in [0.717, 1.165) is 18.8 Å². The van der Waals surface area contributed by atoms with Gasteiger partial charge in [-0.25, -0.2) is 0 Å². The Morgan fingerprint density at radius 1 is 1.00 bits per heavy atom. The van der Waals surface area contributed by atoms with E-state index in [4.69, 9.17) is 4.74 Å². The van der Waals surface area contributed by atoms with Crippen molar-refractivity contribution in [2.45, 2.75) is 52.7 Å². The van der Waals surface area contributed by atoms with Crippen molar-refractivity contribution in [2.24, 2.45) is 0 Å². The molecule has 0 aliphatic rings. The van der Waals surface area contributed by atoms with Crippen LogP contribution in [0.5, 0.6) is 5.75 Å². The van der Waals surface area contributed by atoms with Crippen LogP contribution in [0.25, 0.3) is 0 Å². The van der Waals surface area contributed by atoms with Crippen LogP contribution in [0.2, 0.25) is 0 Å². The molecule has 0 aliphatic heterocycles. The van der Waals surface area contributed by atoms with E-state index in [1.807, 2.05) is 12.1 Å². The lowest BCUT2D eigenvalue weighted by atomic mass is 10.1. The number of hydrogen-bond acceptors (Lipinski definition) is 3. The van der Waals surface area contributed by atoms with Gasteiger partial charge in [0.2, 0.25) is 0 Å². The quantitative estimate of drug-likeness (QED) is 0.788. The third-order valence-electron chi connectivity index (χ3n) is 3.76. The van der Waals surface area contributed by atoms with Crippen molar-refractivity contribution < 1.29 is 4.74 Å². The predicted octanol–water partition coefficient (Wildman–Crippen LogP) is 3.46. The molecule has 0 spiro atoms. The standard InChI is InChI=1S/C17H30N2O/c1-13(2)19(14(3)4)12-11-18-15(5)16-7-9-17(20-6)10-8-16/h7-10,13-15,18H,11-12H2,1-6H3. The summed E-state index contributed by atoms with van der Waals surface area (Å²) in [4.78, 5) is 2.51. The number of methoxy groups -OCH3 is 1. The Labute approximate surface area is 124 Å². The summed E-state index contributed by atoms with van der Waals surface area (Å²) in [5, 5.41) is 3.59. The van der Waals surface area contributed by atoms with Crippen LogP contribution in [-0.2, 0) is 0 Å². The summed E-state index contributed by atoms with van der Waals surface area (Å²) in [5.41, 5.74) is 1.30. The van der Waals surface area contributed by atoms with Crippen molar-refractivity contribution in [3.05, 3.63) is 29.8 Å². The summed E-state index contributed by atoms with van der Waals surface area (Å²) in [6, 6.07) is 9.82. The SMILES string of the molecule is COc1ccc(C(C)NCCN(C(C)C)C(C)C)cc1. The first kappa shape index (κ1) is 17.0. The first-order chi connectivity index (χ1) is 9.45. The molecule has 0 heterocycles. The molecule has 0 aliphatic carbocycles. The van der Waals surface area contributed by atoms with Gasteiger partial charge in [-0.05, 0) is 52.3 Å². The van der Waals surface area contributed by atoms with E-state index in [1.165, 1.54) is 5.56 Å². The van der Waals surface area contributed by atoms with Crippen LogP contribution in [0, 0.1) is 0 Å². The smallest absolute Gasteiger partial charge is 0.118 e. The lowest BCUT2D eigenvalue weighted by molar-refractivity contribution is 0.174. The van der Waals surface area contributed by atoms with Crippen LogP contribution >= 0.6 is 0 Å². The molecule has 1 unspecified atom stereocenters. The molecular formula is C17H30N2O. The monoisotopic (exact) mass is 278 g/mol. The van der Waals surface area contributed by atoms with Gasteiger partial charge in [-0.15, -0.1) is 0 Å². The van der Waals surface area contributed by atoms with Gasteiger partial charge in [0, 0.05) is 31.2 Å². The van der Waals surface area contributed by atoms with E-state index in [9.17, 15) is 0 Å². The van der Waals surface area contributed by atoms with Gasteiger partial charge in [0.1, 0.15) is 5.75 Å². The first-order valence-corrected chi connectivity index (χ1v) is 7.58. The minimum absolute atomic E-state index is 0.363. The van der Waals surface area contributed by atoms with E-state index in [-0.39, 0.29) is 0 Å². The van der Waals surface area contributed by atoms with Gasteiger partial charge in [-0.3, -0.25) is 4.90 Å². The Morgan fingerprint density at radius 2 is 1.55 bits per heavy atom. The zero-order valence-corrected chi connectivity index (χ0v) is 13.8. The largest absolute Gasteiger partial charge is 0.497 e. The highest BCUT2D eigenvalue weighted by molar-refractivity contribution is 5.28. The zero-order chi connectivity index (χ0) is 15.1. The topological polar surface area (TPSA) is 24.5 Å². The first-order valence-electron chi connectivity index (χ1n) is 7.58. The number of hydrogen-bond donors (Lipinski definition) is 1. The number of nitrogens with one attached hydrogen (secondary N) is 1. The third-order valence-corrected chi connectivity index (χ3v) is 3.76. The number of rotatable bonds is 8. The Hall–Kier alpha value is -1.06. The molecule has 20 heavy (non-hydrogen) atoms. The van der Waals surface area contributed by atoms with Crippen LogP contribution in [0.3, 0.4) is 0 Å². The molecule has 114 valence electrons. The molecular weight excluding hydrogens is 248 g/mol. The summed E-state index contributed by atoms with van der Waals surface area (Å²) in [6.45, 7) is 13.3. The highest BCUT2D eigenvalue weighted by Crippen LogP contribution is 2.17. The second-order valence-corrected chi connectivity index (χ2v) is 5.87. The molecule has 0 saturated carbocycles. The van der Waals surface area contributed by atoms with Crippen molar-refractivity contribution in [1.82, 2.24) is 10.2 Å². The number of ether oxygens (including phenoxy) is 1. The molecule has 0 radical (unpaired) electrons. The molecule has 0 amide bonds. The summed E-state index contributed by atoms with van der Waals surface area (Å²) in [7, 11) is 1.70. The van der Waals surface area contributed by atoms with Gasteiger partial charge in [-0.2, -0.15) is 0 Å². The maximum Gasteiger partial charge on any atom is 0.118 e. The normalized spacial score (nSPS) is 13.2. The molecule has 0 fully saturated rings. The van der Waals surface area contributed by atoms with Gasteiger partial charge >= 0.3 is 0 Å². The molecule has 0 aromatic heterocycles. The maximum absolute atomic E-state index is 5.19. The van der Waals surface area contributed by atoms with Crippen molar-refractivity contribution in [3.8, 4) is 5.75 Å². The minimum Gasteiger partial charge on any atom is -0.497 e. The van der Waals surface area contributed by atoms with Gasteiger partial charge < -0.3 is 10.1 Å². The molecule has 1 aromatic carbocycles. The molecule has 1 atom stereocenters. The molecule has 1 N–H and O–H groups in total. The molecule has 1 aromatic rings. The fourth-order valence-electron chi connectivity index (χ4n) is 2.53. The summed E-state index contributed by atoms with van der Waals surface area (Å²) < 4.78 is 5.19. The lowest BCUT2D eigenvalue weighted by Gasteiger charge is -2.31. The van der Waals surface area contributed by atoms with Gasteiger partial charge in [0.25, 0.3) is 0 Å². The van der Waals surface area contributed by atoms with Crippen molar-refractivity contribution in [2.75, 3.05) is 20.2 Å². The zero-order valence-electron chi connectivity index (χ0n) is 13.8. The Morgan fingerprint density at radius 3 is 2.00 bits per heavy atom. The van der Waals surface area contributed by atoms with Crippen molar-refractivity contribution in [1.29, 1.82) is 0 Å². The predicted molar refractivity (Wildman–Crippen MR) is 86.4 cm³/mol. The average molecular weight is 278 g/mol. The molecule has 0 saturated heterocycles. The van der Waals surface area contributed by atoms with Crippen LogP contribution < -0.4 is 10.1 Å². The second-order valence-electron chi connectivity index (χ2n) is 5.87. The van der Waals surface area contributed by atoms with Crippen molar-refractivity contribution in [3.63, 3.8) is 0 Å². The third kappa shape index (κ3) is 5.14. The average Bonchev–Trinajstić information content (AvgIpc) is 2.42. The van der Waals surface area contributed by atoms with Crippen LogP contribution in [-0.4, -0.2) is 37.2 Å². The summed E-state index contributed by atoms with van der Waals surface area (Å²) in [5.74, 6) is 0.909. The van der Waals surface area contributed by atoms with E-state index in [2.05, 4.69) is 57.0 Å². The van der Waals surface area contributed by atoms with Crippen LogP contribution in [0.4, 0.5) is 0 Å². The molecule has 3 nitrogen and oxygen atoms in total. The Kier molecular flexibility index (Phi) is 7.03. The second kappa shape index (κ2) is 8.28.